The molecule has 0 spiro atoms. The molecule has 0 radical (unpaired) electrons. The van der Waals surface area contributed by atoms with Crippen molar-refractivity contribution in [3.63, 3.8) is 0 Å². The van der Waals surface area contributed by atoms with Crippen LogP contribution in [0.15, 0.2) is 42.7 Å². The fraction of sp³-hybridized carbons (Fsp3) is 0.375. The van der Waals surface area contributed by atoms with Crippen molar-refractivity contribution in [3.8, 4) is 0 Å². The van der Waals surface area contributed by atoms with Crippen molar-refractivity contribution < 1.29 is 4.39 Å². The molecule has 0 saturated heterocycles. The third-order valence-electron chi connectivity index (χ3n) is 3.46. The molecule has 2 aromatic rings. The summed E-state index contributed by atoms with van der Waals surface area (Å²) in [4.78, 5) is 10.5. The van der Waals surface area contributed by atoms with Gasteiger partial charge in [0.25, 0.3) is 0 Å². The molecule has 0 aliphatic rings. The monoisotopic (exact) mass is 288 g/mol. The molecule has 0 fully saturated rings. The molecule has 2 unspecified atom stereocenters. The minimum absolute atomic E-state index is 0.205. The Kier molecular flexibility index (Phi) is 5.36. The van der Waals surface area contributed by atoms with Crippen LogP contribution in [-0.2, 0) is 6.54 Å². The summed E-state index contributed by atoms with van der Waals surface area (Å²) in [6.07, 6.45) is 3.00. The van der Waals surface area contributed by atoms with Crippen LogP contribution in [0.25, 0.3) is 0 Å². The van der Waals surface area contributed by atoms with Crippen LogP contribution < -0.4 is 5.73 Å². The molecule has 5 heteroatoms. The average molecular weight is 288 g/mol. The van der Waals surface area contributed by atoms with Crippen molar-refractivity contribution in [1.82, 2.24) is 14.9 Å². The highest BCUT2D eigenvalue weighted by molar-refractivity contribution is 5.10. The molecule has 0 aliphatic heterocycles. The fourth-order valence-electron chi connectivity index (χ4n) is 2.31. The lowest BCUT2D eigenvalue weighted by atomic mass is 9.98. The summed E-state index contributed by atoms with van der Waals surface area (Å²) in [5, 5.41) is 0. The van der Waals surface area contributed by atoms with E-state index in [1.807, 2.05) is 25.2 Å². The van der Waals surface area contributed by atoms with Gasteiger partial charge in [0.15, 0.2) is 0 Å². The van der Waals surface area contributed by atoms with Crippen molar-refractivity contribution in [2.24, 2.45) is 11.7 Å². The number of rotatable bonds is 6. The van der Waals surface area contributed by atoms with E-state index in [0.717, 1.165) is 24.5 Å². The van der Waals surface area contributed by atoms with Gasteiger partial charge in [0, 0.05) is 19.3 Å². The van der Waals surface area contributed by atoms with Gasteiger partial charge < -0.3 is 10.6 Å². The van der Waals surface area contributed by atoms with E-state index in [1.54, 1.807) is 12.3 Å². The fourth-order valence-corrected chi connectivity index (χ4v) is 2.31. The molecule has 112 valence electrons. The first-order chi connectivity index (χ1) is 10.1. The highest BCUT2D eigenvalue weighted by Crippen LogP contribution is 2.18. The van der Waals surface area contributed by atoms with Crippen LogP contribution >= 0.6 is 0 Å². The van der Waals surface area contributed by atoms with Crippen molar-refractivity contribution in [2.75, 3.05) is 13.6 Å². The standard InChI is InChI=1S/C16H21FN4/c1-12(16(18)15-7-6-13(17)9-20-15)10-21(2)11-14-5-3-4-8-19-14/h3-9,12,16H,10-11,18H2,1-2H3. The van der Waals surface area contributed by atoms with Crippen LogP contribution in [0.4, 0.5) is 4.39 Å². The highest BCUT2D eigenvalue weighted by Gasteiger charge is 2.18. The second-order valence-electron chi connectivity index (χ2n) is 5.42. The van der Waals surface area contributed by atoms with Gasteiger partial charge in [-0.3, -0.25) is 9.97 Å². The molecule has 0 amide bonds. The van der Waals surface area contributed by atoms with Gasteiger partial charge in [0.05, 0.1) is 23.6 Å². The normalized spacial score (nSPS) is 14.1. The number of hydrogen-bond acceptors (Lipinski definition) is 4. The van der Waals surface area contributed by atoms with Crippen molar-refractivity contribution >= 4 is 0 Å². The molecule has 4 nitrogen and oxygen atoms in total. The first-order valence-electron chi connectivity index (χ1n) is 7.01. The molecule has 2 N–H and O–H groups in total. The molecule has 0 aliphatic carbocycles. The second-order valence-corrected chi connectivity index (χ2v) is 5.42. The summed E-state index contributed by atoms with van der Waals surface area (Å²) in [5.74, 6) is -0.137. The van der Waals surface area contributed by atoms with E-state index in [4.69, 9.17) is 5.73 Å². The quantitative estimate of drug-likeness (QED) is 0.886. The van der Waals surface area contributed by atoms with Crippen molar-refractivity contribution in [3.05, 3.63) is 59.9 Å². The summed E-state index contributed by atoms with van der Waals surface area (Å²) in [6, 6.07) is 8.72. The van der Waals surface area contributed by atoms with Crippen LogP contribution in [0.5, 0.6) is 0 Å². The summed E-state index contributed by atoms with van der Waals surface area (Å²) in [5.41, 5.74) is 7.95. The van der Waals surface area contributed by atoms with Gasteiger partial charge in [-0.1, -0.05) is 13.0 Å². The number of hydrogen-bond donors (Lipinski definition) is 1. The van der Waals surface area contributed by atoms with Crippen LogP contribution in [0.1, 0.15) is 24.4 Å². The van der Waals surface area contributed by atoms with E-state index in [0.29, 0.717) is 0 Å². The van der Waals surface area contributed by atoms with Crippen LogP contribution in [-0.4, -0.2) is 28.5 Å². The van der Waals surface area contributed by atoms with Crippen LogP contribution in [0.3, 0.4) is 0 Å². The van der Waals surface area contributed by atoms with Gasteiger partial charge in [-0.15, -0.1) is 0 Å². The molecule has 2 rings (SSSR count). The zero-order valence-corrected chi connectivity index (χ0v) is 12.4. The maximum atomic E-state index is 12.9. The van der Waals surface area contributed by atoms with E-state index >= 15 is 0 Å². The minimum Gasteiger partial charge on any atom is -0.322 e. The summed E-state index contributed by atoms with van der Waals surface area (Å²) in [7, 11) is 2.04. The molecule has 2 atom stereocenters. The Balaban J connectivity index is 1.91. The van der Waals surface area contributed by atoms with Crippen LogP contribution in [0, 0.1) is 11.7 Å². The molecular formula is C16H21FN4. The van der Waals surface area contributed by atoms with E-state index in [2.05, 4.69) is 21.8 Å². The Morgan fingerprint density at radius 2 is 2.05 bits per heavy atom. The Hall–Kier alpha value is -1.85. The van der Waals surface area contributed by atoms with Gasteiger partial charge in [-0.05, 0) is 37.2 Å². The Morgan fingerprint density at radius 1 is 1.24 bits per heavy atom. The first-order valence-corrected chi connectivity index (χ1v) is 7.01. The number of pyridine rings is 2. The Morgan fingerprint density at radius 3 is 2.67 bits per heavy atom. The molecule has 2 heterocycles. The predicted molar refractivity (Wildman–Crippen MR) is 80.9 cm³/mol. The zero-order valence-electron chi connectivity index (χ0n) is 12.4. The average Bonchev–Trinajstić information content (AvgIpc) is 2.48. The van der Waals surface area contributed by atoms with Crippen LogP contribution in [0.2, 0.25) is 0 Å². The van der Waals surface area contributed by atoms with E-state index in [9.17, 15) is 4.39 Å². The molecule has 0 aromatic carbocycles. The molecule has 21 heavy (non-hydrogen) atoms. The summed E-state index contributed by atoms with van der Waals surface area (Å²) in [6.45, 7) is 3.66. The number of halogens is 1. The third-order valence-corrected chi connectivity index (χ3v) is 3.46. The highest BCUT2D eigenvalue weighted by atomic mass is 19.1. The maximum Gasteiger partial charge on any atom is 0.141 e. The first kappa shape index (κ1) is 15.5. The van der Waals surface area contributed by atoms with Gasteiger partial charge in [0.2, 0.25) is 0 Å². The third kappa shape index (κ3) is 4.58. The Bertz CT molecular complexity index is 544. The van der Waals surface area contributed by atoms with Gasteiger partial charge in [-0.2, -0.15) is 0 Å². The van der Waals surface area contributed by atoms with E-state index in [1.165, 1.54) is 12.3 Å². The molecule has 0 bridgehead atoms. The summed E-state index contributed by atoms with van der Waals surface area (Å²) >= 11 is 0. The molecular weight excluding hydrogens is 267 g/mol. The number of nitrogens with zero attached hydrogens (tertiary/aromatic N) is 3. The van der Waals surface area contributed by atoms with E-state index in [-0.39, 0.29) is 17.8 Å². The van der Waals surface area contributed by atoms with Gasteiger partial charge in [0.1, 0.15) is 5.82 Å². The Labute approximate surface area is 124 Å². The smallest absolute Gasteiger partial charge is 0.141 e. The largest absolute Gasteiger partial charge is 0.322 e. The minimum atomic E-state index is -0.342. The topological polar surface area (TPSA) is 55.0 Å². The zero-order chi connectivity index (χ0) is 15.2. The molecule has 0 saturated carbocycles. The maximum absolute atomic E-state index is 12.9. The van der Waals surface area contributed by atoms with Gasteiger partial charge in [-0.25, -0.2) is 4.39 Å². The summed E-state index contributed by atoms with van der Waals surface area (Å²) < 4.78 is 12.9. The van der Waals surface area contributed by atoms with Crippen molar-refractivity contribution in [1.29, 1.82) is 0 Å². The SMILES string of the molecule is CC(CN(C)Cc1ccccn1)C(N)c1ccc(F)cn1. The number of nitrogens with two attached hydrogens (primary N) is 1. The molecule has 2 aromatic heterocycles. The number of aromatic nitrogens is 2. The lowest BCUT2D eigenvalue weighted by Crippen LogP contribution is -2.31. The van der Waals surface area contributed by atoms with Gasteiger partial charge >= 0.3 is 0 Å². The lowest BCUT2D eigenvalue weighted by Gasteiger charge is -2.25. The van der Waals surface area contributed by atoms with Crippen molar-refractivity contribution in [2.45, 2.75) is 19.5 Å². The second kappa shape index (κ2) is 7.24. The lowest BCUT2D eigenvalue weighted by molar-refractivity contribution is 0.254. The predicted octanol–water partition coefficient (Wildman–Crippen LogP) is 2.38. The van der Waals surface area contributed by atoms with E-state index < -0.39 is 0 Å².